The maximum Gasteiger partial charge on any atom is 0.328 e. The van der Waals surface area contributed by atoms with Gasteiger partial charge in [-0.25, -0.2) is 4.79 Å². The fourth-order valence-corrected chi connectivity index (χ4v) is 10.8. The summed E-state index contributed by atoms with van der Waals surface area (Å²) in [7, 11) is 0. The molecule has 0 fully saturated rings. The first-order valence-electron chi connectivity index (χ1n) is 33.8. The Balaban J connectivity index is 2.85. The van der Waals surface area contributed by atoms with E-state index >= 15 is 0 Å². The highest BCUT2D eigenvalue weighted by Crippen LogP contribution is 2.41. The molecule has 7 heteroatoms. The smallest absolute Gasteiger partial charge is 0.328 e. The van der Waals surface area contributed by atoms with Crippen molar-refractivity contribution >= 4 is 11.9 Å². The molecule has 1 rings (SSSR count). The topological polar surface area (TPSA) is 83.1 Å². The van der Waals surface area contributed by atoms with E-state index in [2.05, 4.69) is 39.9 Å². The zero-order valence-electron chi connectivity index (χ0n) is 51.7. The normalized spacial score (nSPS) is 11.9. The van der Waals surface area contributed by atoms with Gasteiger partial charge in [0.25, 0.3) is 0 Å². The van der Waals surface area contributed by atoms with E-state index in [0.29, 0.717) is 43.5 Å². The zero-order valence-corrected chi connectivity index (χ0v) is 51.7. The highest BCUT2D eigenvalue weighted by Gasteiger charge is 2.25. The third-order valence-corrected chi connectivity index (χ3v) is 15.6. The number of ether oxygens (including phenoxy) is 4. The number of amides is 1. The summed E-state index contributed by atoms with van der Waals surface area (Å²) in [4.78, 5) is 25.5. The van der Waals surface area contributed by atoms with Crippen molar-refractivity contribution in [2.24, 2.45) is 5.92 Å². The SMILES string of the molecule is CCCCCCCCCCCCCCCCCCOc1ccc(COC(=O)[C@H](CC(C)C)NC(C)=O)c(OCCCCCCCCCCCCCCCCCC)c1OCCCCCCCCCCCCCCCCCC. The number of benzene rings is 1. The van der Waals surface area contributed by atoms with Gasteiger partial charge in [0, 0.05) is 12.5 Å². The van der Waals surface area contributed by atoms with Gasteiger partial charge in [-0.05, 0) is 43.7 Å². The second-order valence-corrected chi connectivity index (χ2v) is 23.8. The maximum atomic E-state index is 13.5. The molecule has 0 aromatic heterocycles. The molecule has 0 radical (unpaired) electrons. The molecule has 0 aliphatic heterocycles. The van der Waals surface area contributed by atoms with Crippen LogP contribution in [0.3, 0.4) is 0 Å². The zero-order chi connectivity index (χ0) is 55.0. The van der Waals surface area contributed by atoms with Crippen LogP contribution in [0.5, 0.6) is 17.2 Å². The number of unbranched alkanes of at least 4 members (excludes halogenated alkanes) is 45. The summed E-state index contributed by atoms with van der Waals surface area (Å²) < 4.78 is 25.9. The number of esters is 1. The summed E-state index contributed by atoms with van der Waals surface area (Å²) in [6.45, 7) is 14.3. The van der Waals surface area contributed by atoms with Crippen LogP contribution in [0.15, 0.2) is 12.1 Å². The Bertz CT molecular complexity index is 1400. The third-order valence-electron chi connectivity index (χ3n) is 15.6. The largest absolute Gasteiger partial charge is 0.490 e. The van der Waals surface area contributed by atoms with Crippen LogP contribution in [-0.2, 0) is 20.9 Å². The molecule has 0 saturated heterocycles. The predicted molar refractivity (Wildman–Crippen MR) is 328 cm³/mol. The molecule has 1 N–H and O–H groups in total. The van der Waals surface area contributed by atoms with Crippen molar-refractivity contribution in [3.63, 3.8) is 0 Å². The van der Waals surface area contributed by atoms with E-state index in [0.717, 1.165) is 44.1 Å². The van der Waals surface area contributed by atoms with Gasteiger partial charge in [0.05, 0.1) is 19.8 Å². The molecule has 0 aliphatic carbocycles. The van der Waals surface area contributed by atoms with E-state index < -0.39 is 12.0 Å². The maximum absolute atomic E-state index is 13.5. The molecule has 1 atom stereocenters. The van der Waals surface area contributed by atoms with Crippen molar-refractivity contribution in [1.82, 2.24) is 5.32 Å². The minimum atomic E-state index is -0.695. The van der Waals surface area contributed by atoms with Crippen molar-refractivity contribution in [3.8, 4) is 17.2 Å². The summed E-state index contributed by atoms with van der Waals surface area (Å²) in [5.74, 6) is 1.55. The lowest BCUT2D eigenvalue weighted by atomic mass is 10.0. The van der Waals surface area contributed by atoms with Gasteiger partial charge in [-0.2, -0.15) is 0 Å². The highest BCUT2D eigenvalue weighted by atomic mass is 16.5. The Morgan fingerprint density at radius 3 is 0.947 bits per heavy atom. The van der Waals surface area contributed by atoms with Crippen LogP contribution in [0.1, 0.15) is 362 Å². The lowest BCUT2D eigenvalue weighted by molar-refractivity contribution is -0.149. The molecule has 1 aromatic carbocycles. The van der Waals surface area contributed by atoms with Gasteiger partial charge < -0.3 is 24.3 Å². The van der Waals surface area contributed by atoms with Crippen molar-refractivity contribution < 1.29 is 28.5 Å². The monoisotopic (exact) mass is 1070 g/mol. The number of hydrogen-bond acceptors (Lipinski definition) is 6. The molecule has 7 nitrogen and oxygen atoms in total. The van der Waals surface area contributed by atoms with E-state index in [1.807, 2.05) is 12.1 Å². The molecule has 446 valence electrons. The Morgan fingerprint density at radius 1 is 0.382 bits per heavy atom. The molecule has 0 spiro atoms. The quantitative estimate of drug-likeness (QED) is 0.0517. The van der Waals surface area contributed by atoms with Gasteiger partial charge in [-0.15, -0.1) is 0 Å². The molecule has 1 aromatic rings. The van der Waals surface area contributed by atoms with Crippen molar-refractivity contribution in [1.29, 1.82) is 0 Å². The Kier molecular flexibility index (Phi) is 52.6. The molecule has 76 heavy (non-hydrogen) atoms. The molecule has 0 bridgehead atoms. The molecule has 1 amide bonds. The second-order valence-electron chi connectivity index (χ2n) is 23.8. The molecule has 0 aliphatic rings. The summed E-state index contributed by atoms with van der Waals surface area (Å²) in [6, 6.07) is 3.27. The molecule has 0 saturated carbocycles. The number of carbonyl (C=O) groups is 2. The van der Waals surface area contributed by atoms with Crippen molar-refractivity contribution in [2.75, 3.05) is 19.8 Å². The first-order valence-corrected chi connectivity index (χ1v) is 33.8. The van der Waals surface area contributed by atoms with Crippen LogP contribution < -0.4 is 19.5 Å². The van der Waals surface area contributed by atoms with Gasteiger partial charge in [0.2, 0.25) is 11.7 Å². The fraction of sp³-hybridized carbons (Fsp3) is 0.884. The summed E-state index contributed by atoms with van der Waals surface area (Å²) in [5, 5.41) is 2.82. The third kappa shape index (κ3) is 45.4. The predicted octanol–water partition coefficient (Wildman–Crippen LogP) is 22.2. The van der Waals surface area contributed by atoms with Crippen LogP contribution >= 0.6 is 0 Å². The fourth-order valence-electron chi connectivity index (χ4n) is 10.8. The Hall–Kier alpha value is -2.44. The second kappa shape index (κ2) is 55.9. The van der Waals surface area contributed by atoms with Crippen LogP contribution in [0.25, 0.3) is 0 Å². The molecule has 0 unspecified atom stereocenters. The summed E-state index contributed by atoms with van der Waals surface area (Å²) >= 11 is 0. The van der Waals surface area contributed by atoms with Gasteiger partial charge in [-0.3, -0.25) is 4.79 Å². The van der Waals surface area contributed by atoms with E-state index in [9.17, 15) is 9.59 Å². The molecular weight excluding hydrogens is 939 g/mol. The number of nitrogens with one attached hydrogen (secondary N) is 1. The average molecular weight is 1070 g/mol. The van der Waals surface area contributed by atoms with Crippen LogP contribution in [0.2, 0.25) is 0 Å². The Morgan fingerprint density at radius 2 is 0.658 bits per heavy atom. The first kappa shape index (κ1) is 71.6. The minimum absolute atomic E-state index is 0.0378. The van der Waals surface area contributed by atoms with Gasteiger partial charge >= 0.3 is 5.97 Å². The summed E-state index contributed by atoms with van der Waals surface area (Å²) in [5.41, 5.74) is 0.771. The first-order chi connectivity index (χ1) is 37.3. The van der Waals surface area contributed by atoms with Crippen molar-refractivity contribution in [3.05, 3.63) is 17.7 Å². The average Bonchev–Trinajstić information content (AvgIpc) is 3.40. The van der Waals surface area contributed by atoms with Gasteiger partial charge in [0.1, 0.15) is 12.6 Å². The van der Waals surface area contributed by atoms with Crippen LogP contribution in [0.4, 0.5) is 0 Å². The lowest BCUT2D eigenvalue weighted by Crippen LogP contribution is -2.41. The lowest BCUT2D eigenvalue weighted by Gasteiger charge is -2.22. The van der Waals surface area contributed by atoms with E-state index in [4.69, 9.17) is 18.9 Å². The van der Waals surface area contributed by atoms with Gasteiger partial charge in [0.15, 0.2) is 11.5 Å². The molecule has 0 heterocycles. The number of rotatable bonds is 60. The minimum Gasteiger partial charge on any atom is -0.490 e. The summed E-state index contributed by atoms with van der Waals surface area (Å²) in [6.07, 6.45) is 64.5. The van der Waals surface area contributed by atoms with Gasteiger partial charge in [-0.1, -0.05) is 324 Å². The van der Waals surface area contributed by atoms with E-state index in [1.165, 1.54) is 277 Å². The number of hydrogen-bond donors (Lipinski definition) is 1. The van der Waals surface area contributed by atoms with Crippen molar-refractivity contribution in [2.45, 2.75) is 369 Å². The highest BCUT2D eigenvalue weighted by molar-refractivity contribution is 5.83. The van der Waals surface area contributed by atoms with Crippen LogP contribution in [0, 0.1) is 5.92 Å². The van der Waals surface area contributed by atoms with Crippen LogP contribution in [-0.4, -0.2) is 37.7 Å². The Labute approximate surface area is 473 Å². The number of carbonyl (C=O) groups excluding carboxylic acids is 2. The van der Waals surface area contributed by atoms with E-state index in [-0.39, 0.29) is 18.4 Å². The van der Waals surface area contributed by atoms with E-state index in [1.54, 1.807) is 0 Å². The standard InChI is InChI=1S/C69H129NO6/c1-7-10-13-16-19-22-25-28-31-34-37-40-43-46-49-52-57-73-66-56-55-64(61-76-69(72)65(60-62(4)5)70-63(6)71)67(74-58-53-50-47-44-41-38-35-32-29-26-23-20-17-14-11-8-2)68(66)75-59-54-51-48-45-42-39-36-33-30-27-24-21-18-15-12-9-3/h55-56,62,65H,7-54,57-61H2,1-6H3,(H,70,71)/t65-/m0/s1. The molecular formula is C69H129NO6.